The summed E-state index contributed by atoms with van der Waals surface area (Å²) < 4.78 is 0. The molecule has 1 saturated carbocycles. The van der Waals surface area contributed by atoms with E-state index in [0.29, 0.717) is 17.9 Å². The summed E-state index contributed by atoms with van der Waals surface area (Å²) in [5, 5.41) is 0. The van der Waals surface area contributed by atoms with E-state index in [9.17, 15) is 4.79 Å². The van der Waals surface area contributed by atoms with Gasteiger partial charge in [0.25, 0.3) is 0 Å². The molecule has 2 aliphatic rings. The average molecular weight is 281 g/mol. The summed E-state index contributed by atoms with van der Waals surface area (Å²) in [5.74, 6) is 1.08. The van der Waals surface area contributed by atoms with Gasteiger partial charge in [0.05, 0.1) is 0 Å². The fourth-order valence-electron chi connectivity index (χ4n) is 3.95. The molecule has 4 nitrogen and oxygen atoms in total. The molecule has 0 radical (unpaired) electrons. The molecule has 4 heteroatoms. The van der Waals surface area contributed by atoms with Crippen LogP contribution in [0.25, 0.3) is 0 Å². The summed E-state index contributed by atoms with van der Waals surface area (Å²) >= 11 is 0. The van der Waals surface area contributed by atoms with Crippen molar-refractivity contribution in [2.24, 2.45) is 17.6 Å². The maximum absolute atomic E-state index is 12.7. The Hall–Kier alpha value is -0.610. The maximum Gasteiger partial charge on any atom is 0.225 e. The second-order valence-corrected chi connectivity index (χ2v) is 6.88. The number of carbonyl (C=O) groups excluding carboxylic acids is 1. The fourth-order valence-corrected chi connectivity index (χ4v) is 3.95. The average Bonchev–Trinajstić information content (AvgIpc) is 2.45. The highest BCUT2D eigenvalue weighted by atomic mass is 16.2. The van der Waals surface area contributed by atoms with E-state index in [4.69, 9.17) is 5.73 Å². The zero-order valence-corrected chi connectivity index (χ0v) is 13.3. The molecular weight excluding hydrogens is 250 g/mol. The Morgan fingerprint density at radius 1 is 1.25 bits per heavy atom. The summed E-state index contributed by atoms with van der Waals surface area (Å²) in [6.07, 6.45) is 5.20. The predicted molar refractivity (Wildman–Crippen MR) is 82.4 cm³/mol. The highest BCUT2D eigenvalue weighted by Crippen LogP contribution is 2.30. The Bertz CT molecular complexity index is 316. The van der Waals surface area contributed by atoms with Crippen LogP contribution in [-0.4, -0.2) is 54.5 Å². The smallest absolute Gasteiger partial charge is 0.225 e. The van der Waals surface area contributed by atoms with Crippen LogP contribution in [0.1, 0.15) is 46.0 Å². The van der Waals surface area contributed by atoms with Crippen LogP contribution in [0.4, 0.5) is 0 Å². The molecule has 0 spiro atoms. The minimum atomic E-state index is 0.156. The lowest BCUT2D eigenvalue weighted by molar-refractivity contribution is -0.139. The number of nitrogens with zero attached hydrogens (tertiary/aromatic N) is 2. The Morgan fingerprint density at radius 3 is 2.45 bits per heavy atom. The van der Waals surface area contributed by atoms with E-state index in [-0.39, 0.29) is 12.0 Å². The van der Waals surface area contributed by atoms with Crippen LogP contribution in [0, 0.1) is 11.8 Å². The van der Waals surface area contributed by atoms with E-state index in [1.807, 2.05) is 11.9 Å². The van der Waals surface area contributed by atoms with Crippen molar-refractivity contribution in [2.45, 2.75) is 58.0 Å². The molecular formula is C16H31N3O. The molecule has 1 heterocycles. The molecule has 2 N–H and O–H groups in total. The van der Waals surface area contributed by atoms with E-state index in [0.717, 1.165) is 51.7 Å². The monoisotopic (exact) mass is 281 g/mol. The van der Waals surface area contributed by atoms with Gasteiger partial charge in [-0.1, -0.05) is 13.8 Å². The lowest BCUT2D eigenvalue weighted by Gasteiger charge is -2.39. The van der Waals surface area contributed by atoms with Crippen molar-refractivity contribution >= 4 is 5.91 Å². The predicted octanol–water partition coefficient (Wildman–Crippen LogP) is 1.69. The van der Waals surface area contributed by atoms with Crippen molar-refractivity contribution in [1.82, 2.24) is 9.80 Å². The lowest BCUT2D eigenvalue weighted by Crippen LogP contribution is -2.48. The molecule has 20 heavy (non-hydrogen) atoms. The van der Waals surface area contributed by atoms with Gasteiger partial charge in [-0.3, -0.25) is 4.79 Å². The van der Waals surface area contributed by atoms with Gasteiger partial charge in [-0.2, -0.15) is 0 Å². The standard InChI is InChI=1S/C16H31N3O/c1-4-19-7-5-15(6-8-19)18(3)16(20)13-9-12(2)10-14(17)11-13/h12-15H,4-11,17H2,1-3H3. The molecule has 0 aromatic carbocycles. The number of likely N-dealkylation sites (tertiary alicyclic amines) is 1. The molecule has 3 atom stereocenters. The van der Waals surface area contributed by atoms with Crippen LogP contribution in [0.2, 0.25) is 0 Å². The molecule has 1 amide bonds. The SMILES string of the molecule is CCN1CCC(N(C)C(=O)C2CC(C)CC(N)C2)CC1. The van der Waals surface area contributed by atoms with Gasteiger partial charge in [0, 0.05) is 38.1 Å². The van der Waals surface area contributed by atoms with Gasteiger partial charge in [-0.25, -0.2) is 0 Å². The highest BCUT2D eigenvalue weighted by Gasteiger charge is 2.33. The van der Waals surface area contributed by atoms with Crippen LogP contribution in [0.5, 0.6) is 0 Å². The number of piperidine rings is 1. The largest absolute Gasteiger partial charge is 0.342 e. The number of carbonyl (C=O) groups is 1. The Balaban J connectivity index is 1.88. The third-order valence-corrected chi connectivity index (χ3v) is 5.23. The number of hydrogen-bond acceptors (Lipinski definition) is 3. The summed E-state index contributed by atoms with van der Waals surface area (Å²) in [6, 6.07) is 0.641. The second-order valence-electron chi connectivity index (χ2n) is 6.88. The van der Waals surface area contributed by atoms with Crippen molar-refractivity contribution < 1.29 is 4.79 Å². The van der Waals surface area contributed by atoms with E-state index in [1.165, 1.54) is 0 Å². The van der Waals surface area contributed by atoms with Gasteiger partial charge >= 0.3 is 0 Å². The third-order valence-electron chi connectivity index (χ3n) is 5.23. The quantitative estimate of drug-likeness (QED) is 0.856. The first-order chi connectivity index (χ1) is 9.51. The van der Waals surface area contributed by atoms with E-state index in [1.54, 1.807) is 0 Å². The normalized spacial score (nSPS) is 33.1. The van der Waals surface area contributed by atoms with Crippen molar-refractivity contribution in [1.29, 1.82) is 0 Å². The minimum Gasteiger partial charge on any atom is -0.342 e. The van der Waals surface area contributed by atoms with Crippen LogP contribution >= 0.6 is 0 Å². The van der Waals surface area contributed by atoms with Gasteiger partial charge in [0.2, 0.25) is 5.91 Å². The summed E-state index contributed by atoms with van der Waals surface area (Å²) in [6.45, 7) is 7.80. The van der Waals surface area contributed by atoms with Crippen molar-refractivity contribution in [3.05, 3.63) is 0 Å². The second kappa shape index (κ2) is 6.90. The molecule has 1 saturated heterocycles. The summed E-state index contributed by atoms with van der Waals surface area (Å²) in [4.78, 5) is 17.2. The van der Waals surface area contributed by atoms with Crippen molar-refractivity contribution in [3.63, 3.8) is 0 Å². The number of hydrogen-bond donors (Lipinski definition) is 1. The van der Waals surface area contributed by atoms with Gasteiger partial charge in [-0.05, 0) is 44.6 Å². The topological polar surface area (TPSA) is 49.6 Å². The molecule has 0 aromatic heterocycles. The van der Waals surface area contributed by atoms with Gasteiger partial charge in [0.1, 0.15) is 0 Å². The zero-order valence-electron chi connectivity index (χ0n) is 13.3. The molecule has 116 valence electrons. The fraction of sp³-hybridized carbons (Fsp3) is 0.938. The Morgan fingerprint density at radius 2 is 1.90 bits per heavy atom. The van der Waals surface area contributed by atoms with E-state index >= 15 is 0 Å². The van der Waals surface area contributed by atoms with Crippen LogP contribution < -0.4 is 5.73 Å². The van der Waals surface area contributed by atoms with Crippen LogP contribution in [-0.2, 0) is 4.79 Å². The van der Waals surface area contributed by atoms with Gasteiger partial charge in [-0.15, -0.1) is 0 Å². The number of nitrogens with two attached hydrogens (primary N) is 1. The first-order valence-corrected chi connectivity index (χ1v) is 8.25. The number of rotatable bonds is 3. The van der Waals surface area contributed by atoms with Gasteiger partial charge < -0.3 is 15.5 Å². The van der Waals surface area contributed by atoms with Gasteiger partial charge in [0.15, 0.2) is 0 Å². The summed E-state index contributed by atoms with van der Waals surface area (Å²) in [5.41, 5.74) is 6.09. The number of amides is 1. The summed E-state index contributed by atoms with van der Waals surface area (Å²) in [7, 11) is 2.00. The third kappa shape index (κ3) is 3.73. The van der Waals surface area contributed by atoms with Crippen LogP contribution in [0.3, 0.4) is 0 Å². The maximum atomic E-state index is 12.7. The molecule has 1 aliphatic carbocycles. The molecule has 3 unspecified atom stereocenters. The molecule has 1 aliphatic heterocycles. The first-order valence-electron chi connectivity index (χ1n) is 8.25. The van der Waals surface area contributed by atoms with E-state index < -0.39 is 0 Å². The molecule has 0 aromatic rings. The molecule has 0 bridgehead atoms. The van der Waals surface area contributed by atoms with Crippen molar-refractivity contribution in [2.75, 3.05) is 26.7 Å². The Kier molecular flexibility index (Phi) is 5.44. The van der Waals surface area contributed by atoms with Crippen molar-refractivity contribution in [3.8, 4) is 0 Å². The Labute approximate surface area is 123 Å². The first kappa shape index (κ1) is 15.8. The molecule has 2 fully saturated rings. The molecule has 2 rings (SSSR count). The highest BCUT2D eigenvalue weighted by molar-refractivity contribution is 5.79. The zero-order chi connectivity index (χ0) is 14.7. The minimum absolute atomic E-state index is 0.156. The van der Waals surface area contributed by atoms with Crippen LogP contribution in [0.15, 0.2) is 0 Å². The van der Waals surface area contributed by atoms with E-state index in [2.05, 4.69) is 18.7 Å². The lowest BCUT2D eigenvalue weighted by atomic mass is 9.79.